The number of hydrogen-bond donors (Lipinski definition) is 3. The van der Waals surface area contributed by atoms with Gasteiger partial charge in [0.05, 0.1) is 22.9 Å². The highest BCUT2D eigenvalue weighted by atomic mass is 16.5. The number of carboxylic acid groups (broad SMARTS) is 2. The summed E-state index contributed by atoms with van der Waals surface area (Å²) in [5.74, 6) is -1.47. The van der Waals surface area contributed by atoms with Crippen molar-refractivity contribution in [1.29, 1.82) is 0 Å². The molecule has 10 nitrogen and oxygen atoms in total. The Balaban J connectivity index is 1.30. The van der Waals surface area contributed by atoms with E-state index in [2.05, 4.69) is 9.88 Å². The number of benzene rings is 2. The molecule has 208 valence electrons. The third-order valence-electron chi connectivity index (χ3n) is 7.28. The SMILES string of the molecule is O=C(O)COc1ccc(CC[C@H](NC(=O)c2ccc3c(c2)nc(-c2ccoc2)n3C2CCCCC2)C(=O)O)cc1. The monoisotopic (exact) mass is 545 g/mol. The van der Waals surface area contributed by atoms with E-state index < -0.39 is 30.5 Å². The second-order valence-corrected chi connectivity index (χ2v) is 10.0. The Bertz CT molecular complexity index is 1490. The molecule has 0 spiro atoms. The summed E-state index contributed by atoms with van der Waals surface area (Å²) in [6.07, 6.45) is 9.55. The minimum atomic E-state index is -1.13. The van der Waals surface area contributed by atoms with Gasteiger partial charge < -0.3 is 29.3 Å². The molecule has 0 unspecified atom stereocenters. The lowest BCUT2D eigenvalue weighted by molar-refractivity contribution is -0.140. The molecule has 10 heteroatoms. The maximum Gasteiger partial charge on any atom is 0.341 e. The van der Waals surface area contributed by atoms with Gasteiger partial charge in [-0.2, -0.15) is 0 Å². The predicted octanol–water partition coefficient (Wildman–Crippen LogP) is 5.08. The number of nitrogens with one attached hydrogen (secondary N) is 1. The number of carbonyl (C=O) groups is 3. The molecule has 1 saturated carbocycles. The molecule has 2 aromatic heterocycles. The van der Waals surface area contributed by atoms with Gasteiger partial charge in [0.1, 0.15) is 23.9 Å². The van der Waals surface area contributed by atoms with E-state index in [9.17, 15) is 19.5 Å². The maximum atomic E-state index is 13.1. The first-order chi connectivity index (χ1) is 19.4. The Kier molecular flexibility index (Phi) is 8.14. The number of rotatable bonds is 11. The first kappa shape index (κ1) is 27.0. The molecule has 1 amide bonds. The first-order valence-electron chi connectivity index (χ1n) is 13.4. The number of amides is 1. The third kappa shape index (κ3) is 6.17. The van der Waals surface area contributed by atoms with Crippen LogP contribution in [-0.4, -0.2) is 50.3 Å². The summed E-state index contributed by atoms with van der Waals surface area (Å²) in [6, 6.07) is 13.2. The molecule has 1 atom stereocenters. The summed E-state index contributed by atoms with van der Waals surface area (Å²) in [6.45, 7) is -0.441. The summed E-state index contributed by atoms with van der Waals surface area (Å²) in [4.78, 5) is 40.6. The van der Waals surface area contributed by atoms with Crippen molar-refractivity contribution in [1.82, 2.24) is 14.9 Å². The fourth-order valence-electron chi connectivity index (χ4n) is 5.25. The van der Waals surface area contributed by atoms with Crippen LogP contribution in [0.3, 0.4) is 0 Å². The highest BCUT2D eigenvalue weighted by molar-refractivity contribution is 5.99. The Morgan fingerprint density at radius 3 is 2.50 bits per heavy atom. The fraction of sp³-hybridized carbons (Fsp3) is 0.333. The van der Waals surface area contributed by atoms with Gasteiger partial charge in [0, 0.05) is 11.6 Å². The largest absolute Gasteiger partial charge is 0.482 e. The fourth-order valence-corrected chi connectivity index (χ4v) is 5.25. The number of nitrogens with zero attached hydrogens (tertiary/aromatic N) is 2. The molecule has 3 N–H and O–H groups in total. The molecular formula is C30H31N3O7. The number of aromatic nitrogens is 2. The summed E-state index contributed by atoms with van der Waals surface area (Å²) in [7, 11) is 0. The Hall–Kier alpha value is -4.60. The third-order valence-corrected chi connectivity index (χ3v) is 7.28. The zero-order chi connectivity index (χ0) is 28.1. The molecule has 5 rings (SSSR count). The quantitative estimate of drug-likeness (QED) is 0.237. The smallest absolute Gasteiger partial charge is 0.341 e. The van der Waals surface area contributed by atoms with E-state index in [1.54, 1.807) is 48.9 Å². The number of aliphatic carboxylic acids is 2. The first-order valence-corrected chi connectivity index (χ1v) is 13.4. The van der Waals surface area contributed by atoms with Crippen LogP contribution in [0.5, 0.6) is 5.75 Å². The average Bonchev–Trinajstić information content (AvgIpc) is 3.62. The Morgan fingerprint density at radius 1 is 1.05 bits per heavy atom. The molecule has 0 bridgehead atoms. The van der Waals surface area contributed by atoms with Crippen LogP contribution in [0.1, 0.15) is 60.5 Å². The van der Waals surface area contributed by atoms with E-state index >= 15 is 0 Å². The number of carbonyl (C=O) groups excluding carboxylic acids is 1. The van der Waals surface area contributed by atoms with Gasteiger partial charge >= 0.3 is 11.9 Å². The van der Waals surface area contributed by atoms with Crippen LogP contribution in [0.15, 0.2) is 65.5 Å². The maximum absolute atomic E-state index is 13.1. The van der Waals surface area contributed by atoms with Crippen LogP contribution in [-0.2, 0) is 16.0 Å². The molecule has 4 aromatic rings. The Morgan fingerprint density at radius 2 is 1.82 bits per heavy atom. The zero-order valence-electron chi connectivity index (χ0n) is 21.9. The van der Waals surface area contributed by atoms with Gasteiger partial charge in [0.25, 0.3) is 5.91 Å². The molecular weight excluding hydrogens is 514 g/mol. The second kappa shape index (κ2) is 12.1. The van der Waals surface area contributed by atoms with Crippen molar-refractivity contribution in [3.63, 3.8) is 0 Å². The number of fused-ring (bicyclic) bond motifs is 1. The Labute approximate surface area is 230 Å². The lowest BCUT2D eigenvalue weighted by atomic mass is 9.95. The van der Waals surface area contributed by atoms with E-state index in [4.69, 9.17) is 19.2 Å². The summed E-state index contributed by atoms with van der Waals surface area (Å²) < 4.78 is 12.7. The van der Waals surface area contributed by atoms with Gasteiger partial charge in [0.2, 0.25) is 0 Å². The molecule has 40 heavy (non-hydrogen) atoms. The van der Waals surface area contributed by atoms with Crippen LogP contribution in [0.4, 0.5) is 0 Å². The van der Waals surface area contributed by atoms with Crippen molar-refractivity contribution >= 4 is 28.9 Å². The van der Waals surface area contributed by atoms with E-state index in [1.165, 1.54) is 6.42 Å². The minimum Gasteiger partial charge on any atom is -0.482 e. The van der Waals surface area contributed by atoms with Crippen molar-refractivity contribution in [3.8, 4) is 17.1 Å². The van der Waals surface area contributed by atoms with Crippen LogP contribution in [0.2, 0.25) is 0 Å². The predicted molar refractivity (Wildman–Crippen MR) is 146 cm³/mol. The van der Waals surface area contributed by atoms with E-state index in [0.29, 0.717) is 29.3 Å². The standard InChI is InChI=1S/C30H31N3O7/c34-27(35)18-40-23-10-6-19(7-11-23)8-12-24(30(37)38)32-29(36)20-9-13-26-25(16-20)31-28(21-14-15-39-17-21)33(26)22-4-2-1-3-5-22/h6-7,9-11,13-17,22,24H,1-5,8,12,18H2,(H,32,36)(H,34,35)(H,37,38)/t24-/m0/s1. The van der Waals surface area contributed by atoms with Gasteiger partial charge in [0.15, 0.2) is 6.61 Å². The average molecular weight is 546 g/mol. The highest BCUT2D eigenvalue weighted by Gasteiger charge is 2.25. The molecule has 0 radical (unpaired) electrons. The number of ether oxygens (including phenoxy) is 1. The minimum absolute atomic E-state index is 0.180. The van der Waals surface area contributed by atoms with Crippen molar-refractivity contribution in [2.24, 2.45) is 0 Å². The van der Waals surface area contributed by atoms with Gasteiger partial charge in [-0.15, -0.1) is 0 Å². The number of hydrogen-bond acceptors (Lipinski definition) is 6. The molecule has 1 fully saturated rings. The summed E-state index contributed by atoms with van der Waals surface area (Å²) >= 11 is 0. The molecule has 2 heterocycles. The number of furan rings is 1. The van der Waals surface area contributed by atoms with Crippen LogP contribution in [0, 0.1) is 0 Å². The number of imidazole rings is 1. The summed E-state index contributed by atoms with van der Waals surface area (Å²) in [5.41, 5.74) is 3.66. The van der Waals surface area contributed by atoms with Crippen molar-refractivity contribution in [2.75, 3.05) is 6.61 Å². The van der Waals surface area contributed by atoms with E-state index in [0.717, 1.165) is 48.2 Å². The number of aryl methyl sites for hydroxylation is 1. The highest BCUT2D eigenvalue weighted by Crippen LogP contribution is 2.36. The van der Waals surface area contributed by atoms with Crippen LogP contribution in [0.25, 0.3) is 22.4 Å². The van der Waals surface area contributed by atoms with E-state index in [1.807, 2.05) is 12.1 Å². The normalized spacial score (nSPS) is 14.6. The van der Waals surface area contributed by atoms with Crippen LogP contribution >= 0.6 is 0 Å². The van der Waals surface area contributed by atoms with Crippen molar-refractivity contribution in [3.05, 3.63) is 72.2 Å². The van der Waals surface area contributed by atoms with Gasteiger partial charge in [-0.25, -0.2) is 14.6 Å². The number of carboxylic acids is 2. The van der Waals surface area contributed by atoms with Gasteiger partial charge in [-0.05, 0) is 67.6 Å². The molecule has 0 saturated heterocycles. The molecule has 1 aliphatic rings. The van der Waals surface area contributed by atoms with Crippen LogP contribution < -0.4 is 10.1 Å². The van der Waals surface area contributed by atoms with Gasteiger partial charge in [-0.3, -0.25) is 4.79 Å². The second-order valence-electron chi connectivity index (χ2n) is 10.0. The molecule has 2 aromatic carbocycles. The lowest BCUT2D eigenvalue weighted by Gasteiger charge is -2.25. The molecule has 1 aliphatic carbocycles. The molecule has 0 aliphatic heterocycles. The zero-order valence-corrected chi connectivity index (χ0v) is 21.9. The van der Waals surface area contributed by atoms with Gasteiger partial charge in [-0.1, -0.05) is 31.4 Å². The van der Waals surface area contributed by atoms with Crippen molar-refractivity contribution in [2.45, 2.75) is 57.0 Å². The van der Waals surface area contributed by atoms with E-state index in [-0.39, 0.29) is 6.42 Å². The van der Waals surface area contributed by atoms with Crippen molar-refractivity contribution < 1.29 is 33.8 Å². The lowest BCUT2D eigenvalue weighted by Crippen LogP contribution is -2.41. The summed E-state index contributed by atoms with van der Waals surface area (Å²) in [5, 5.41) is 21.1. The topological polar surface area (TPSA) is 144 Å².